The van der Waals surface area contributed by atoms with Crippen molar-refractivity contribution in [3.05, 3.63) is 65.7 Å². The van der Waals surface area contributed by atoms with E-state index in [1.807, 2.05) is 0 Å². The maximum atomic E-state index is 12.9. The number of hydrogen-bond donors (Lipinski definition) is 2. The Morgan fingerprint density at radius 3 is 2.30 bits per heavy atom. The second kappa shape index (κ2) is 7.44. The second-order valence-corrected chi connectivity index (χ2v) is 9.50. The zero-order chi connectivity index (χ0) is 18.9. The summed E-state index contributed by atoms with van der Waals surface area (Å²) in [5.74, 6) is -0.363. The molecule has 2 aliphatic rings. The molecule has 2 fully saturated rings. The first-order valence-electron chi connectivity index (χ1n) is 9.44. The van der Waals surface area contributed by atoms with E-state index < -0.39 is 9.84 Å². The number of piperidine rings is 1. The molecule has 2 heterocycles. The lowest BCUT2D eigenvalue weighted by molar-refractivity contribution is 0.0923. The van der Waals surface area contributed by atoms with Crippen molar-refractivity contribution in [1.29, 1.82) is 0 Å². The predicted molar refractivity (Wildman–Crippen MR) is 104 cm³/mol. The van der Waals surface area contributed by atoms with E-state index in [2.05, 4.69) is 10.6 Å². The smallest absolute Gasteiger partial charge is 0.251 e. The highest BCUT2D eigenvalue weighted by Crippen LogP contribution is 2.27. The van der Waals surface area contributed by atoms with Gasteiger partial charge in [0.15, 0.2) is 9.84 Å². The highest BCUT2D eigenvalue weighted by atomic mass is 32.2. The van der Waals surface area contributed by atoms with E-state index in [1.54, 1.807) is 54.6 Å². The Bertz CT molecular complexity index is 915. The highest BCUT2D eigenvalue weighted by Gasteiger charge is 2.34. The summed E-state index contributed by atoms with van der Waals surface area (Å²) in [6.07, 6.45) is 4.21. The summed E-state index contributed by atoms with van der Waals surface area (Å²) in [6.45, 7) is 0. The van der Waals surface area contributed by atoms with Gasteiger partial charge in [-0.1, -0.05) is 36.4 Å². The van der Waals surface area contributed by atoms with Crippen LogP contribution in [0.4, 0.5) is 0 Å². The van der Waals surface area contributed by atoms with Gasteiger partial charge < -0.3 is 10.6 Å². The summed E-state index contributed by atoms with van der Waals surface area (Å²) in [7, 11) is -3.50. The van der Waals surface area contributed by atoms with Crippen molar-refractivity contribution in [3.63, 3.8) is 0 Å². The highest BCUT2D eigenvalue weighted by molar-refractivity contribution is 7.90. The standard InChI is InChI=1S/C21H24N2O3S/c24-21(23-18-12-16-10-11-17(13-18)22-16)20-9-5-4-6-15(20)14-27(25,26)19-7-2-1-3-8-19/h1-9,16-18,22H,10-14H2,(H,23,24). The molecule has 0 aliphatic carbocycles. The fourth-order valence-corrected chi connectivity index (χ4v) is 5.62. The first kappa shape index (κ1) is 18.2. The number of fused-ring (bicyclic) bond motifs is 2. The lowest BCUT2D eigenvalue weighted by Crippen LogP contribution is -2.48. The zero-order valence-corrected chi connectivity index (χ0v) is 15.9. The Kier molecular flexibility index (Phi) is 5.02. The average Bonchev–Trinajstić information content (AvgIpc) is 3.01. The van der Waals surface area contributed by atoms with Gasteiger partial charge in [-0.2, -0.15) is 0 Å². The van der Waals surface area contributed by atoms with Crippen molar-refractivity contribution in [2.45, 2.75) is 54.5 Å². The molecule has 2 aliphatic heterocycles. The van der Waals surface area contributed by atoms with Crippen LogP contribution in [0.15, 0.2) is 59.5 Å². The molecule has 2 aromatic rings. The number of rotatable bonds is 5. The number of amides is 1. The number of hydrogen-bond acceptors (Lipinski definition) is 4. The third-order valence-corrected chi connectivity index (χ3v) is 7.20. The summed E-state index contributed by atoms with van der Waals surface area (Å²) in [5.41, 5.74) is 0.985. The molecule has 2 unspecified atom stereocenters. The summed E-state index contributed by atoms with van der Waals surface area (Å²) in [4.78, 5) is 13.1. The van der Waals surface area contributed by atoms with E-state index in [1.165, 1.54) is 12.8 Å². The molecule has 0 radical (unpaired) electrons. The van der Waals surface area contributed by atoms with Crippen LogP contribution in [-0.4, -0.2) is 32.5 Å². The Hall–Kier alpha value is -2.18. The fraction of sp³-hybridized carbons (Fsp3) is 0.381. The molecular formula is C21H24N2O3S. The van der Waals surface area contributed by atoms with E-state index >= 15 is 0 Å². The molecule has 27 heavy (non-hydrogen) atoms. The van der Waals surface area contributed by atoms with Gasteiger partial charge in [-0.3, -0.25) is 4.79 Å². The van der Waals surface area contributed by atoms with Crippen LogP contribution in [0.2, 0.25) is 0 Å². The molecule has 0 spiro atoms. The van der Waals surface area contributed by atoms with Crippen molar-refractivity contribution in [2.24, 2.45) is 0 Å². The van der Waals surface area contributed by atoms with Crippen molar-refractivity contribution in [3.8, 4) is 0 Å². The van der Waals surface area contributed by atoms with Crippen LogP contribution in [0.1, 0.15) is 41.6 Å². The van der Waals surface area contributed by atoms with Gasteiger partial charge >= 0.3 is 0 Å². The first-order chi connectivity index (χ1) is 13.0. The summed E-state index contributed by atoms with van der Waals surface area (Å²) >= 11 is 0. The molecular weight excluding hydrogens is 360 g/mol. The topological polar surface area (TPSA) is 75.3 Å². The van der Waals surface area contributed by atoms with Crippen molar-refractivity contribution < 1.29 is 13.2 Å². The molecule has 0 aromatic heterocycles. The van der Waals surface area contributed by atoms with Crippen LogP contribution in [0, 0.1) is 0 Å². The quantitative estimate of drug-likeness (QED) is 0.831. The van der Waals surface area contributed by atoms with Gasteiger partial charge in [0.25, 0.3) is 5.91 Å². The number of carbonyl (C=O) groups excluding carboxylic acids is 1. The molecule has 2 saturated heterocycles. The van der Waals surface area contributed by atoms with E-state index in [-0.39, 0.29) is 22.6 Å². The molecule has 142 valence electrons. The minimum absolute atomic E-state index is 0.148. The number of benzene rings is 2. The van der Waals surface area contributed by atoms with Crippen molar-refractivity contribution >= 4 is 15.7 Å². The van der Waals surface area contributed by atoms with E-state index in [0.29, 0.717) is 23.2 Å². The molecule has 4 rings (SSSR count). The average molecular weight is 385 g/mol. The predicted octanol–water partition coefficient (Wildman–Crippen LogP) is 2.67. The van der Waals surface area contributed by atoms with Crippen LogP contribution in [0.25, 0.3) is 0 Å². The SMILES string of the molecule is O=C(NC1CC2CCC(C1)N2)c1ccccc1CS(=O)(=O)c1ccccc1. The van der Waals surface area contributed by atoms with Crippen molar-refractivity contribution in [1.82, 2.24) is 10.6 Å². The van der Waals surface area contributed by atoms with E-state index in [9.17, 15) is 13.2 Å². The third-order valence-electron chi connectivity index (χ3n) is 5.52. The molecule has 6 heteroatoms. The van der Waals surface area contributed by atoms with Crippen LogP contribution in [0.5, 0.6) is 0 Å². The lowest BCUT2D eigenvalue weighted by atomic mass is 9.99. The van der Waals surface area contributed by atoms with Gasteiger partial charge in [0.05, 0.1) is 10.6 Å². The number of nitrogens with one attached hydrogen (secondary N) is 2. The van der Waals surface area contributed by atoms with Crippen LogP contribution in [-0.2, 0) is 15.6 Å². The zero-order valence-electron chi connectivity index (χ0n) is 15.1. The van der Waals surface area contributed by atoms with Crippen molar-refractivity contribution in [2.75, 3.05) is 0 Å². The van der Waals surface area contributed by atoms with Gasteiger partial charge in [0, 0.05) is 23.7 Å². The normalized spacial score (nSPS) is 24.5. The maximum absolute atomic E-state index is 12.9. The molecule has 1 amide bonds. The minimum atomic E-state index is -3.50. The molecule has 2 N–H and O–H groups in total. The lowest BCUT2D eigenvalue weighted by Gasteiger charge is -2.29. The molecule has 2 bridgehead atoms. The van der Waals surface area contributed by atoms with Gasteiger partial charge in [-0.15, -0.1) is 0 Å². The van der Waals surface area contributed by atoms with Crippen LogP contribution < -0.4 is 10.6 Å². The molecule has 2 aromatic carbocycles. The van der Waals surface area contributed by atoms with Crippen LogP contribution in [0.3, 0.4) is 0 Å². The Labute approximate surface area is 160 Å². The minimum Gasteiger partial charge on any atom is -0.349 e. The monoisotopic (exact) mass is 384 g/mol. The first-order valence-corrected chi connectivity index (χ1v) is 11.1. The van der Waals surface area contributed by atoms with Gasteiger partial charge in [-0.25, -0.2) is 8.42 Å². The third kappa shape index (κ3) is 4.06. The summed E-state index contributed by atoms with van der Waals surface area (Å²) < 4.78 is 25.4. The maximum Gasteiger partial charge on any atom is 0.251 e. The van der Waals surface area contributed by atoms with E-state index in [4.69, 9.17) is 0 Å². The summed E-state index contributed by atoms with van der Waals surface area (Å²) in [5, 5.41) is 6.69. The molecule has 2 atom stereocenters. The second-order valence-electron chi connectivity index (χ2n) is 7.51. The van der Waals surface area contributed by atoms with E-state index in [0.717, 1.165) is 12.8 Å². The molecule has 0 saturated carbocycles. The fourth-order valence-electron chi connectivity index (χ4n) is 4.22. The summed E-state index contributed by atoms with van der Waals surface area (Å²) in [6, 6.07) is 16.5. The largest absolute Gasteiger partial charge is 0.349 e. The number of sulfone groups is 1. The van der Waals surface area contributed by atoms with Crippen LogP contribution >= 0.6 is 0 Å². The Morgan fingerprint density at radius 1 is 0.963 bits per heavy atom. The molecule has 5 nitrogen and oxygen atoms in total. The van der Waals surface area contributed by atoms with Gasteiger partial charge in [-0.05, 0) is 49.4 Å². The van der Waals surface area contributed by atoms with Gasteiger partial charge in [0.1, 0.15) is 0 Å². The van der Waals surface area contributed by atoms with Gasteiger partial charge in [0.2, 0.25) is 0 Å². The Morgan fingerprint density at radius 2 is 1.59 bits per heavy atom. The number of carbonyl (C=O) groups is 1. The Balaban J connectivity index is 1.52.